The minimum absolute atomic E-state index is 0.0369. The van der Waals surface area contributed by atoms with Crippen LogP contribution < -0.4 is 10.6 Å². The fourth-order valence-electron chi connectivity index (χ4n) is 2.96. The number of oxime groups is 1. The van der Waals surface area contributed by atoms with E-state index in [0.29, 0.717) is 23.2 Å². The first-order chi connectivity index (χ1) is 10.2. The van der Waals surface area contributed by atoms with Crippen molar-refractivity contribution in [3.63, 3.8) is 0 Å². The lowest BCUT2D eigenvalue weighted by Crippen LogP contribution is -2.39. The Bertz CT molecular complexity index is 502. The number of amidine groups is 1. The Kier molecular flexibility index (Phi) is 5.70. The van der Waals surface area contributed by atoms with Gasteiger partial charge in [-0.25, -0.2) is 0 Å². The largest absolute Gasteiger partial charge is 0.409 e. The summed E-state index contributed by atoms with van der Waals surface area (Å²) in [5.41, 5.74) is 7.06. The van der Waals surface area contributed by atoms with Crippen LogP contribution in [0.5, 0.6) is 0 Å². The van der Waals surface area contributed by atoms with Crippen LogP contribution in [0.4, 0.5) is 5.69 Å². The third-order valence-electron chi connectivity index (χ3n) is 4.02. The first-order valence-electron chi connectivity index (χ1n) is 7.32. The highest BCUT2D eigenvalue weighted by molar-refractivity contribution is 6.33. The summed E-state index contributed by atoms with van der Waals surface area (Å²) in [6.45, 7) is 0.655. The maximum absolute atomic E-state index is 9.34. The average molecular weight is 312 g/mol. The van der Waals surface area contributed by atoms with E-state index in [1.54, 1.807) is 12.1 Å². The Morgan fingerprint density at radius 2 is 2.05 bits per heavy atom. The van der Waals surface area contributed by atoms with Crippen LogP contribution in [0, 0.1) is 0 Å². The molecule has 5 nitrogen and oxygen atoms in total. The molecule has 1 fully saturated rings. The first-order valence-corrected chi connectivity index (χ1v) is 7.70. The lowest BCUT2D eigenvalue weighted by molar-refractivity contribution is 0.290. The van der Waals surface area contributed by atoms with Gasteiger partial charge in [0.15, 0.2) is 5.84 Å². The van der Waals surface area contributed by atoms with Crippen LogP contribution in [0.25, 0.3) is 0 Å². The maximum Gasteiger partial charge on any atom is 0.170 e. The van der Waals surface area contributed by atoms with Crippen molar-refractivity contribution in [1.82, 2.24) is 0 Å². The third kappa shape index (κ3) is 3.80. The molecule has 1 aliphatic carbocycles. The number of halogens is 1. The number of aliphatic hydroxyl groups is 1. The molecule has 2 rings (SSSR count). The smallest absolute Gasteiger partial charge is 0.170 e. The number of nitrogens with zero attached hydrogens (tertiary/aromatic N) is 2. The molecule has 0 radical (unpaired) electrons. The molecule has 0 saturated heterocycles. The summed E-state index contributed by atoms with van der Waals surface area (Å²) in [5.74, 6) is 0.0369. The van der Waals surface area contributed by atoms with Gasteiger partial charge in [0.1, 0.15) is 0 Å². The van der Waals surface area contributed by atoms with Gasteiger partial charge in [-0.15, -0.1) is 0 Å². The van der Waals surface area contributed by atoms with Crippen molar-refractivity contribution in [2.75, 3.05) is 18.1 Å². The average Bonchev–Trinajstić information content (AvgIpc) is 2.53. The molecule has 0 bridgehead atoms. The molecule has 0 aromatic heterocycles. The number of rotatable bonds is 5. The highest BCUT2D eigenvalue weighted by Gasteiger charge is 2.23. The number of nitrogens with two attached hydrogens (primary N) is 1. The van der Waals surface area contributed by atoms with Gasteiger partial charge in [0.05, 0.1) is 17.3 Å². The SMILES string of the molecule is NC(=NO)c1ccc(N(CCO)C2CCCCC2)c(Cl)c1. The van der Waals surface area contributed by atoms with E-state index in [-0.39, 0.29) is 12.4 Å². The van der Waals surface area contributed by atoms with E-state index in [0.717, 1.165) is 18.5 Å². The molecule has 6 heteroatoms. The fraction of sp³-hybridized carbons (Fsp3) is 0.533. The first kappa shape index (κ1) is 15.9. The highest BCUT2D eigenvalue weighted by Crippen LogP contribution is 2.32. The number of aliphatic hydroxyl groups excluding tert-OH is 1. The molecule has 0 heterocycles. The van der Waals surface area contributed by atoms with Crippen molar-refractivity contribution in [2.45, 2.75) is 38.1 Å². The normalized spacial score (nSPS) is 17.0. The Hall–Kier alpha value is -1.46. The zero-order valence-corrected chi connectivity index (χ0v) is 12.8. The van der Waals surface area contributed by atoms with Gasteiger partial charge < -0.3 is 20.9 Å². The van der Waals surface area contributed by atoms with E-state index in [1.165, 1.54) is 19.3 Å². The van der Waals surface area contributed by atoms with Gasteiger partial charge in [-0.3, -0.25) is 0 Å². The zero-order chi connectivity index (χ0) is 15.2. The molecule has 0 unspecified atom stereocenters. The van der Waals surface area contributed by atoms with Crippen molar-refractivity contribution in [3.8, 4) is 0 Å². The van der Waals surface area contributed by atoms with E-state index in [1.807, 2.05) is 6.07 Å². The molecule has 1 saturated carbocycles. The minimum atomic E-state index is 0.0369. The molecule has 116 valence electrons. The van der Waals surface area contributed by atoms with Gasteiger partial charge in [0.25, 0.3) is 0 Å². The summed E-state index contributed by atoms with van der Waals surface area (Å²) < 4.78 is 0. The van der Waals surface area contributed by atoms with E-state index in [9.17, 15) is 5.11 Å². The minimum Gasteiger partial charge on any atom is -0.409 e. The molecule has 21 heavy (non-hydrogen) atoms. The van der Waals surface area contributed by atoms with Crippen LogP contribution in [0.2, 0.25) is 5.02 Å². The van der Waals surface area contributed by atoms with E-state index < -0.39 is 0 Å². The number of benzene rings is 1. The Balaban J connectivity index is 2.27. The molecular formula is C15H22ClN3O2. The maximum atomic E-state index is 9.34. The summed E-state index contributed by atoms with van der Waals surface area (Å²) in [5, 5.41) is 21.6. The standard InChI is InChI=1S/C15H22ClN3O2/c16-13-10-11(15(17)18-21)6-7-14(13)19(8-9-20)12-4-2-1-3-5-12/h6-7,10,12,20-21H,1-5,8-9H2,(H2,17,18). The van der Waals surface area contributed by atoms with Crippen LogP contribution in [0.3, 0.4) is 0 Å². The second-order valence-corrected chi connectivity index (χ2v) is 5.77. The van der Waals surface area contributed by atoms with Crippen molar-refractivity contribution in [3.05, 3.63) is 28.8 Å². The summed E-state index contributed by atoms with van der Waals surface area (Å²) in [6.07, 6.45) is 5.95. The van der Waals surface area contributed by atoms with Crippen LogP contribution >= 0.6 is 11.6 Å². The number of hydrogen-bond donors (Lipinski definition) is 3. The van der Waals surface area contributed by atoms with Gasteiger partial charge >= 0.3 is 0 Å². The lowest BCUT2D eigenvalue weighted by atomic mass is 9.93. The van der Waals surface area contributed by atoms with Crippen molar-refractivity contribution in [1.29, 1.82) is 0 Å². The van der Waals surface area contributed by atoms with Crippen molar-refractivity contribution in [2.24, 2.45) is 10.9 Å². The lowest BCUT2D eigenvalue weighted by Gasteiger charge is -2.36. The summed E-state index contributed by atoms with van der Waals surface area (Å²) in [4.78, 5) is 2.18. The summed E-state index contributed by atoms with van der Waals surface area (Å²) in [6, 6.07) is 5.76. The summed E-state index contributed by atoms with van der Waals surface area (Å²) >= 11 is 6.36. The molecule has 1 aromatic rings. The molecule has 4 N–H and O–H groups in total. The second kappa shape index (κ2) is 7.52. The number of anilines is 1. The van der Waals surface area contributed by atoms with E-state index in [2.05, 4.69) is 10.1 Å². The number of hydrogen-bond acceptors (Lipinski definition) is 4. The predicted molar refractivity (Wildman–Crippen MR) is 85.3 cm³/mol. The molecule has 0 atom stereocenters. The molecular weight excluding hydrogens is 290 g/mol. The van der Waals surface area contributed by atoms with E-state index in [4.69, 9.17) is 22.5 Å². The topological polar surface area (TPSA) is 82.1 Å². The van der Waals surface area contributed by atoms with Gasteiger partial charge in [-0.05, 0) is 31.0 Å². The van der Waals surface area contributed by atoms with E-state index >= 15 is 0 Å². The van der Waals surface area contributed by atoms with Crippen molar-refractivity contribution >= 4 is 23.1 Å². The monoisotopic (exact) mass is 311 g/mol. The molecule has 0 spiro atoms. The van der Waals surface area contributed by atoms with Gasteiger partial charge in [0.2, 0.25) is 0 Å². The molecule has 0 amide bonds. The van der Waals surface area contributed by atoms with Crippen LogP contribution in [-0.4, -0.2) is 35.3 Å². The van der Waals surface area contributed by atoms with Gasteiger partial charge in [-0.1, -0.05) is 36.0 Å². The predicted octanol–water partition coefficient (Wildman–Crippen LogP) is 2.57. The van der Waals surface area contributed by atoms with Crippen LogP contribution in [-0.2, 0) is 0 Å². The Morgan fingerprint density at radius 1 is 1.33 bits per heavy atom. The van der Waals surface area contributed by atoms with Gasteiger partial charge in [-0.2, -0.15) is 0 Å². The second-order valence-electron chi connectivity index (χ2n) is 5.36. The Labute approximate surface area is 130 Å². The van der Waals surface area contributed by atoms with Crippen LogP contribution in [0.15, 0.2) is 23.4 Å². The van der Waals surface area contributed by atoms with Gasteiger partial charge in [0, 0.05) is 18.2 Å². The molecule has 1 aliphatic rings. The third-order valence-corrected chi connectivity index (χ3v) is 4.32. The Morgan fingerprint density at radius 3 is 2.62 bits per heavy atom. The zero-order valence-electron chi connectivity index (χ0n) is 12.0. The molecule has 0 aliphatic heterocycles. The molecule has 1 aromatic carbocycles. The quantitative estimate of drug-likeness (QED) is 0.338. The fourth-order valence-corrected chi connectivity index (χ4v) is 3.25. The highest BCUT2D eigenvalue weighted by atomic mass is 35.5. The summed E-state index contributed by atoms with van der Waals surface area (Å²) in [7, 11) is 0. The van der Waals surface area contributed by atoms with Crippen molar-refractivity contribution < 1.29 is 10.3 Å². The van der Waals surface area contributed by atoms with Crippen LogP contribution in [0.1, 0.15) is 37.7 Å².